The molecule has 4 aliphatic carbocycles. The van der Waals surface area contributed by atoms with Gasteiger partial charge in [0, 0.05) is 29.0 Å². The summed E-state index contributed by atoms with van der Waals surface area (Å²) in [4.78, 5) is 24.8. The van der Waals surface area contributed by atoms with Gasteiger partial charge in [0.1, 0.15) is 12.4 Å². The number of ether oxygens (including phenoxy) is 1. The summed E-state index contributed by atoms with van der Waals surface area (Å²) in [6.45, 7) is 1.96. The first-order valence-corrected chi connectivity index (χ1v) is 10.4. The molecule has 0 atom stereocenters. The van der Waals surface area contributed by atoms with Crippen molar-refractivity contribution < 1.29 is 18.8 Å². The molecule has 6 nitrogen and oxygen atoms in total. The summed E-state index contributed by atoms with van der Waals surface area (Å²) < 4.78 is 10.8. The monoisotopic (exact) mass is 414 g/mol. The number of nitrogens with one attached hydrogen (secondary N) is 1. The Morgan fingerprint density at radius 2 is 2.03 bits per heavy atom. The summed E-state index contributed by atoms with van der Waals surface area (Å²) in [6, 6.07) is 7.13. The fourth-order valence-corrected chi connectivity index (χ4v) is 5.05. The van der Waals surface area contributed by atoms with Crippen molar-refractivity contribution in [1.29, 1.82) is 0 Å². The van der Waals surface area contributed by atoms with Gasteiger partial charge in [0.2, 0.25) is 5.76 Å². The van der Waals surface area contributed by atoms with Crippen LogP contribution >= 0.6 is 11.6 Å². The van der Waals surface area contributed by atoms with Crippen molar-refractivity contribution in [3.05, 3.63) is 46.3 Å². The number of aromatic nitrogens is 1. The Hall–Kier alpha value is -2.34. The van der Waals surface area contributed by atoms with Crippen molar-refractivity contribution >= 4 is 23.3 Å². The maximum Gasteiger partial charge on any atom is 0.290 e. The number of carbonyl (C=O) groups excluding carboxylic acids is 2. The quantitative estimate of drug-likeness (QED) is 0.699. The van der Waals surface area contributed by atoms with E-state index in [0.717, 1.165) is 43.4 Å². The van der Waals surface area contributed by atoms with E-state index in [-0.39, 0.29) is 35.0 Å². The summed E-state index contributed by atoms with van der Waals surface area (Å²) in [5, 5.41) is 7.76. The molecule has 4 aliphatic rings. The maximum absolute atomic E-state index is 12.4. The zero-order valence-corrected chi connectivity index (χ0v) is 17.1. The predicted molar refractivity (Wildman–Crippen MR) is 106 cm³/mol. The summed E-state index contributed by atoms with van der Waals surface area (Å²) in [5.74, 6) is 1.28. The average Bonchev–Trinajstić information content (AvgIpc) is 3.36. The van der Waals surface area contributed by atoms with E-state index in [4.69, 9.17) is 20.9 Å². The van der Waals surface area contributed by atoms with Crippen LogP contribution in [0.3, 0.4) is 0 Å². The molecular formula is C22H23ClN2O4. The van der Waals surface area contributed by atoms with Crippen LogP contribution in [-0.2, 0) is 4.79 Å². The highest BCUT2D eigenvalue weighted by Crippen LogP contribution is 2.69. The molecule has 2 bridgehead atoms. The molecule has 0 saturated heterocycles. The first-order valence-electron chi connectivity index (χ1n) is 10.1. The van der Waals surface area contributed by atoms with Crippen molar-refractivity contribution in [1.82, 2.24) is 10.5 Å². The Balaban J connectivity index is 1.08. The second kappa shape index (κ2) is 6.59. The number of carbonyl (C=O) groups is 2. The highest BCUT2D eigenvalue weighted by Gasteiger charge is 2.68. The van der Waals surface area contributed by atoms with Crippen LogP contribution in [0.15, 0.2) is 28.8 Å². The molecule has 0 spiro atoms. The van der Waals surface area contributed by atoms with E-state index >= 15 is 0 Å². The average molecular weight is 415 g/mol. The first kappa shape index (κ1) is 18.7. The standard InChI is InChI=1S/C22H23ClN2O4/c1-13-6-16(4-5-17(13)23)28-9-15(26)8-21-10-22(11-21,12-21)24-20(27)19-7-18(25-29-19)14-2-3-14/h4-7,14H,2-3,8-12H2,1H3,(H,24,27). The van der Waals surface area contributed by atoms with Crippen LogP contribution in [0.1, 0.15) is 66.3 Å². The number of halogens is 1. The number of nitrogens with zero attached hydrogens (tertiary/aromatic N) is 1. The van der Waals surface area contributed by atoms with E-state index < -0.39 is 0 Å². The van der Waals surface area contributed by atoms with Crippen LogP contribution in [0.25, 0.3) is 0 Å². The van der Waals surface area contributed by atoms with Gasteiger partial charge < -0.3 is 14.6 Å². The van der Waals surface area contributed by atoms with E-state index in [1.165, 1.54) is 0 Å². The molecule has 4 fully saturated rings. The molecule has 2 aromatic rings. The molecule has 0 unspecified atom stereocenters. The molecule has 1 aromatic carbocycles. The molecule has 7 heteroatoms. The van der Waals surface area contributed by atoms with Crippen LogP contribution in [0.2, 0.25) is 5.02 Å². The minimum Gasteiger partial charge on any atom is -0.486 e. The Morgan fingerprint density at radius 1 is 1.28 bits per heavy atom. The number of rotatable bonds is 8. The molecule has 6 rings (SSSR count). The van der Waals surface area contributed by atoms with Crippen LogP contribution in [0.4, 0.5) is 0 Å². The van der Waals surface area contributed by atoms with Crippen molar-refractivity contribution in [3.63, 3.8) is 0 Å². The number of aryl methyl sites for hydroxylation is 1. The number of Topliss-reactive ketones (excluding diaryl/α,β-unsaturated/α-hetero) is 1. The lowest BCUT2D eigenvalue weighted by Crippen LogP contribution is -2.75. The Bertz CT molecular complexity index is 975. The number of hydrogen-bond acceptors (Lipinski definition) is 5. The van der Waals surface area contributed by atoms with Gasteiger partial charge in [-0.05, 0) is 68.2 Å². The second-order valence-corrected chi connectivity index (χ2v) is 9.48. The van der Waals surface area contributed by atoms with Crippen LogP contribution in [-0.4, -0.2) is 29.0 Å². The van der Waals surface area contributed by atoms with E-state index in [1.807, 2.05) is 13.0 Å². The summed E-state index contributed by atoms with van der Waals surface area (Å²) >= 11 is 6.01. The molecule has 1 heterocycles. The third kappa shape index (κ3) is 3.54. The largest absolute Gasteiger partial charge is 0.486 e. The minimum absolute atomic E-state index is 0.0181. The zero-order chi connectivity index (χ0) is 20.2. The molecule has 29 heavy (non-hydrogen) atoms. The van der Waals surface area contributed by atoms with Crippen molar-refractivity contribution in [2.45, 2.75) is 56.9 Å². The molecular weight excluding hydrogens is 392 g/mol. The van der Waals surface area contributed by atoms with Crippen molar-refractivity contribution in [2.24, 2.45) is 5.41 Å². The van der Waals surface area contributed by atoms with Crippen LogP contribution in [0, 0.1) is 12.3 Å². The van der Waals surface area contributed by atoms with E-state index in [0.29, 0.717) is 23.1 Å². The first-order chi connectivity index (χ1) is 13.9. The van der Waals surface area contributed by atoms with Gasteiger partial charge in [0.05, 0.1) is 5.69 Å². The third-order valence-electron chi connectivity index (χ3n) is 6.37. The number of ketones is 1. The topological polar surface area (TPSA) is 81.4 Å². The van der Waals surface area contributed by atoms with Gasteiger partial charge in [0.15, 0.2) is 5.78 Å². The highest BCUT2D eigenvalue weighted by atomic mass is 35.5. The SMILES string of the molecule is Cc1cc(OCC(=O)CC23CC(NC(=O)c4cc(C5CC5)no4)(C2)C3)ccc1Cl. The lowest BCUT2D eigenvalue weighted by atomic mass is 9.38. The van der Waals surface area contributed by atoms with E-state index in [9.17, 15) is 9.59 Å². The summed E-state index contributed by atoms with van der Waals surface area (Å²) in [5.41, 5.74) is 1.64. The molecule has 152 valence electrons. The van der Waals surface area contributed by atoms with E-state index in [2.05, 4.69) is 10.5 Å². The molecule has 1 N–H and O–H groups in total. The van der Waals surface area contributed by atoms with Crippen LogP contribution < -0.4 is 10.1 Å². The van der Waals surface area contributed by atoms with Crippen LogP contribution in [0.5, 0.6) is 5.75 Å². The lowest BCUT2D eigenvalue weighted by Gasteiger charge is -2.70. The Labute approximate surface area is 173 Å². The third-order valence-corrected chi connectivity index (χ3v) is 6.79. The number of benzene rings is 1. The van der Waals surface area contributed by atoms with Gasteiger partial charge in [-0.3, -0.25) is 9.59 Å². The summed E-state index contributed by atoms with van der Waals surface area (Å²) in [6.07, 6.45) is 5.24. The Kier molecular flexibility index (Phi) is 4.24. The molecule has 0 aliphatic heterocycles. The summed E-state index contributed by atoms with van der Waals surface area (Å²) in [7, 11) is 0. The van der Waals surface area contributed by atoms with Gasteiger partial charge in [0.25, 0.3) is 5.91 Å². The van der Waals surface area contributed by atoms with Crippen molar-refractivity contribution in [2.75, 3.05) is 6.61 Å². The number of hydrogen-bond donors (Lipinski definition) is 1. The van der Waals surface area contributed by atoms with Gasteiger partial charge in [-0.1, -0.05) is 16.8 Å². The smallest absolute Gasteiger partial charge is 0.290 e. The fraction of sp³-hybridized carbons (Fsp3) is 0.500. The minimum atomic E-state index is -0.203. The second-order valence-electron chi connectivity index (χ2n) is 9.07. The number of amides is 1. The molecule has 4 saturated carbocycles. The molecule has 1 aromatic heterocycles. The maximum atomic E-state index is 12.4. The van der Waals surface area contributed by atoms with Gasteiger partial charge in [-0.2, -0.15) is 0 Å². The fourth-order valence-electron chi connectivity index (χ4n) is 4.93. The van der Waals surface area contributed by atoms with Gasteiger partial charge >= 0.3 is 0 Å². The highest BCUT2D eigenvalue weighted by molar-refractivity contribution is 6.31. The van der Waals surface area contributed by atoms with E-state index in [1.54, 1.807) is 18.2 Å². The Morgan fingerprint density at radius 3 is 2.72 bits per heavy atom. The normalized spacial score (nSPS) is 27.0. The molecule has 1 amide bonds. The van der Waals surface area contributed by atoms with Gasteiger partial charge in [-0.25, -0.2) is 0 Å². The molecule has 0 radical (unpaired) electrons. The van der Waals surface area contributed by atoms with Crippen molar-refractivity contribution in [3.8, 4) is 5.75 Å². The predicted octanol–water partition coefficient (Wildman–Crippen LogP) is 4.20. The van der Waals surface area contributed by atoms with Gasteiger partial charge in [-0.15, -0.1) is 0 Å². The lowest BCUT2D eigenvalue weighted by molar-refractivity contribution is -0.162. The zero-order valence-electron chi connectivity index (χ0n) is 16.3.